The van der Waals surface area contributed by atoms with Gasteiger partial charge >= 0.3 is 0 Å². The number of carbonyl (C=O) groups excluding carboxylic acids is 1. The molecule has 1 saturated heterocycles. The number of rotatable bonds is 2. The molecule has 5 heteroatoms. The minimum atomic E-state index is 0.0204. The number of pyridine rings is 2. The number of benzene rings is 1. The summed E-state index contributed by atoms with van der Waals surface area (Å²) in [7, 11) is 0. The lowest BCUT2D eigenvalue weighted by molar-refractivity contribution is 0.0746. The van der Waals surface area contributed by atoms with Crippen molar-refractivity contribution in [2.24, 2.45) is 0 Å². The molecule has 0 spiro atoms. The topological polar surface area (TPSA) is 49.3 Å². The molecule has 0 atom stereocenters. The average molecular weight is 382 g/mol. The van der Waals surface area contributed by atoms with E-state index in [1.807, 2.05) is 60.4 Å². The molecule has 0 bridgehead atoms. The number of aromatic nitrogens is 2. The summed E-state index contributed by atoms with van der Waals surface area (Å²) < 4.78 is 0. The van der Waals surface area contributed by atoms with Crippen LogP contribution in [-0.4, -0.2) is 47.0 Å². The quantitative estimate of drug-likeness (QED) is 0.639. The van der Waals surface area contributed by atoms with Gasteiger partial charge in [-0.25, -0.2) is 9.97 Å². The summed E-state index contributed by atoms with van der Waals surface area (Å²) in [5.41, 5.74) is 3.15. The van der Waals surface area contributed by atoms with Crippen molar-refractivity contribution in [3.05, 3.63) is 89.4 Å². The van der Waals surface area contributed by atoms with Crippen molar-refractivity contribution < 1.29 is 4.79 Å². The molecule has 5 nitrogen and oxygen atoms in total. The zero-order valence-corrected chi connectivity index (χ0v) is 16.4. The number of hydrogen-bond acceptors (Lipinski definition) is 4. The van der Waals surface area contributed by atoms with E-state index in [4.69, 9.17) is 0 Å². The van der Waals surface area contributed by atoms with E-state index < -0.39 is 0 Å². The first-order chi connectivity index (χ1) is 14.2. The molecule has 29 heavy (non-hydrogen) atoms. The molecule has 1 fully saturated rings. The summed E-state index contributed by atoms with van der Waals surface area (Å²) in [4.78, 5) is 25.9. The molecular formula is C24H22N4O. The van der Waals surface area contributed by atoms with E-state index in [-0.39, 0.29) is 5.91 Å². The van der Waals surface area contributed by atoms with Gasteiger partial charge < -0.3 is 9.80 Å². The van der Waals surface area contributed by atoms with Crippen LogP contribution in [0, 0.1) is 18.8 Å². The second kappa shape index (κ2) is 8.57. The largest absolute Gasteiger partial charge is 0.353 e. The molecule has 3 aromatic rings. The maximum Gasteiger partial charge on any atom is 0.254 e. The molecule has 1 amide bonds. The number of aryl methyl sites for hydroxylation is 1. The zero-order chi connectivity index (χ0) is 20.1. The van der Waals surface area contributed by atoms with Crippen LogP contribution in [0.15, 0.2) is 66.9 Å². The third-order valence-corrected chi connectivity index (χ3v) is 4.88. The van der Waals surface area contributed by atoms with Gasteiger partial charge in [-0.1, -0.05) is 30.2 Å². The highest BCUT2D eigenvalue weighted by Gasteiger charge is 2.23. The number of piperazine rings is 1. The second-order valence-electron chi connectivity index (χ2n) is 6.96. The lowest BCUT2D eigenvalue weighted by Gasteiger charge is -2.35. The Hall–Kier alpha value is -3.65. The molecule has 0 saturated carbocycles. The van der Waals surface area contributed by atoms with Gasteiger partial charge in [0.2, 0.25) is 0 Å². The average Bonchev–Trinajstić information content (AvgIpc) is 2.78. The Kier molecular flexibility index (Phi) is 5.53. The van der Waals surface area contributed by atoms with E-state index in [0.717, 1.165) is 30.2 Å². The van der Waals surface area contributed by atoms with Gasteiger partial charge in [0.25, 0.3) is 5.91 Å². The molecule has 1 aromatic carbocycles. The summed E-state index contributed by atoms with van der Waals surface area (Å²) >= 11 is 0. The lowest BCUT2D eigenvalue weighted by Crippen LogP contribution is -2.49. The molecule has 1 aliphatic heterocycles. The van der Waals surface area contributed by atoms with Crippen LogP contribution in [-0.2, 0) is 0 Å². The first kappa shape index (κ1) is 18.7. The van der Waals surface area contributed by atoms with Crippen LogP contribution in [0.4, 0.5) is 5.82 Å². The summed E-state index contributed by atoms with van der Waals surface area (Å²) in [6.45, 7) is 4.87. The fourth-order valence-electron chi connectivity index (χ4n) is 3.32. The van der Waals surface area contributed by atoms with E-state index in [2.05, 4.69) is 26.7 Å². The highest BCUT2D eigenvalue weighted by Crippen LogP contribution is 2.16. The molecule has 144 valence electrons. The second-order valence-corrected chi connectivity index (χ2v) is 6.96. The van der Waals surface area contributed by atoms with Crippen LogP contribution in [0.2, 0.25) is 0 Å². The van der Waals surface area contributed by atoms with Gasteiger partial charge in [0.15, 0.2) is 0 Å². The van der Waals surface area contributed by atoms with Gasteiger partial charge in [0, 0.05) is 49.2 Å². The fourth-order valence-corrected chi connectivity index (χ4v) is 3.32. The number of nitrogens with zero attached hydrogens (tertiary/aromatic N) is 4. The summed E-state index contributed by atoms with van der Waals surface area (Å²) in [6.07, 6.45) is 1.65. The van der Waals surface area contributed by atoms with E-state index in [1.54, 1.807) is 18.3 Å². The number of hydrogen-bond donors (Lipinski definition) is 0. The number of amides is 1. The molecule has 2 aromatic heterocycles. The van der Waals surface area contributed by atoms with E-state index >= 15 is 0 Å². The van der Waals surface area contributed by atoms with Gasteiger partial charge in [-0.3, -0.25) is 4.79 Å². The van der Waals surface area contributed by atoms with Crippen molar-refractivity contribution in [2.45, 2.75) is 6.92 Å². The van der Waals surface area contributed by atoms with Gasteiger partial charge in [0.05, 0.1) is 0 Å². The van der Waals surface area contributed by atoms with Crippen LogP contribution in [0.5, 0.6) is 0 Å². The van der Waals surface area contributed by atoms with E-state index in [9.17, 15) is 4.79 Å². The van der Waals surface area contributed by atoms with Gasteiger partial charge in [-0.2, -0.15) is 0 Å². The van der Waals surface area contributed by atoms with Crippen LogP contribution < -0.4 is 4.90 Å². The maximum atomic E-state index is 12.9. The Morgan fingerprint density at radius 1 is 0.931 bits per heavy atom. The summed E-state index contributed by atoms with van der Waals surface area (Å²) in [5.74, 6) is 7.12. The molecule has 0 unspecified atom stereocenters. The van der Waals surface area contributed by atoms with Crippen molar-refractivity contribution in [1.29, 1.82) is 0 Å². The van der Waals surface area contributed by atoms with E-state index in [0.29, 0.717) is 24.3 Å². The van der Waals surface area contributed by atoms with E-state index in [1.165, 1.54) is 0 Å². The van der Waals surface area contributed by atoms with Gasteiger partial charge in [-0.15, -0.1) is 0 Å². The first-order valence-corrected chi connectivity index (χ1v) is 9.70. The molecule has 0 N–H and O–H groups in total. The molecule has 1 aliphatic rings. The molecule has 0 aliphatic carbocycles. The van der Waals surface area contributed by atoms with Crippen molar-refractivity contribution in [2.75, 3.05) is 31.1 Å². The number of carbonyl (C=O) groups is 1. The molecule has 0 radical (unpaired) electrons. The number of anilines is 1. The van der Waals surface area contributed by atoms with Crippen LogP contribution >= 0.6 is 0 Å². The highest BCUT2D eigenvalue weighted by atomic mass is 16.2. The smallest absolute Gasteiger partial charge is 0.254 e. The lowest BCUT2D eigenvalue weighted by atomic mass is 10.1. The van der Waals surface area contributed by atoms with Crippen LogP contribution in [0.25, 0.3) is 0 Å². The van der Waals surface area contributed by atoms with Gasteiger partial charge in [0.1, 0.15) is 11.5 Å². The Labute approximate surface area is 171 Å². The third-order valence-electron chi connectivity index (χ3n) is 4.88. The highest BCUT2D eigenvalue weighted by molar-refractivity contribution is 5.94. The van der Waals surface area contributed by atoms with Crippen LogP contribution in [0.1, 0.15) is 27.3 Å². The zero-order valence-electron chi connectivity index (χ0n) is 16.4. The Bertz CT molecular complexity index is 1060. The van der Waals surface area contributed by atoms with Gasteiger partial charge in [-0.05, 0) is 49.2 Å². The predicted molar refractivity (Wildman–Crippen MR) is 114 cm³/mol. The molecule has 4 rings (SSSR count). The minimum Gasteiger partial charge on any atom is -0.353 e. The summed E-state index contributed by atoms with van der Waals surface area (Å²) in [6, 6.07) is 19.3. The SMILES string of the molecule is Cc1cccc(N2CCN(C(=O)c3ccnc(C#Cc4ccccc4)c3)CC2)n1. The molecule has 3 heterocycles. The Morgan fingerprint density at radius 3 is 2.48 bits per heavy atom. The van der Waals surface area contributed by atoms with Crippen molar-refractivity contribution in [3.8, 4) is 11.8 Å². The minimum absolute atomic E-state index is 0.0204. The normalized spacial score (nSPS) is 13.6. The predicted octanol–water partition coefficient (Wildman–Crippen LogP) is 3.15. The fraction of sp³-hybridized carbons (Fsp3) is 0.208. The Morgan fingerprint density at radius 2 is 1.72 bits per heavy atom. The maximum absolute atomic E-state index is 12.9. The molecular weight excluding hydrogens is 360 g/mol. The van der Waals surface area contributed by atoms with Crippen LogP contribution in [0.3, 0.4) is 0 Å². The van der Waals surface area contributed by atoms with Crippen molar-refractivity contribution in [1.82, 2.24) is 14.9 Å². The standard InChI is InChI=1S/C24H22N4O/c1-19-6-5-9-23(26-19)27-14-16-28(17-15-27)24(29)21-12-13-25-22(18-21)11-10-20-7-3-2-4-8-20/h2-9,12-13,18H,14-17H2,1H3. The van der Waals surface area contributed by atoms with Crippen molar-refractivity contribution in [3.63, 3.8) is 0 Å². The summed E-state index contributed by atoms with van der Waals surface area (Å²) in [5, 5.41) is 0. The monoisotopic (exact) mass is 382 g/mol. The Balaban J connectivity index is 1.42. The first-order valence-electron chi connectivity index (χ1n) is 9.70. The third kappa shape index (κ3) is 4.61. The van der Waals surface area contributed by atoms with Crippen molar-refractivity contribution >= 4 is 11.7 Å².